The Bertz CT molecular complexity index is 940. The van der Waals surface area contributed by atoms with E-state index in [0.29, 0.717) is 10.9 Å². The Morgan fingerprint density at radius 2 is 2.00 bits per heavy atom. The zero-order valence-electron chi connectivity index (χ0n) is 14.4. The molecule has 2 aromatic rings. The Hall–Kier alpha value is -2.47. The van der Waals surface area contributed by atoms with Gasteiger partial charge in [-0.1, -0.05) is 12.8 Å². The largest absolute Gasteiger partial charge is 0.433 e. The van der Waals surface area contributed by atoms with Crippen molar-refractivity contribution in [2.45, 2.75) is 44.8 Å². The van der Waals surface area contributed by atoms with Crippen LogP contribution in [0.5, 0.6) is 0 Å². The monoisotopic (exact) mass is 395 g/mol. The molecule has 0 unspecified atom stereocenters. The Kier molecular flexibility index (Phi) is 5.20. The average molecular weight is 395 g/mol. The van der Waals surface area contributed by atoms with Crippen molar-refractivity contribution in [3.63, 3.8) is 0 Å². The number of nitriles is 1. The molecule has 0 aromatic carbocycles. The number of nitrogens with zero attached hydrogens (tertiary/aromatic N) is 2. The molecule has 3 rings (SSSR count). The molecule has 5 nitrogen and oxygen atoms in total. The zero-order valence-corrected chi connectivity index (χ0v) is 15.2. The molecule has 1 saturated carbocycles. The molecule has 9 heteroatoms. The summed E-state index contributed by atoms with van der Waals surface area (Å²) >= 11 is 0.774. The first kappa shape index (κ1) is 19.3. The number of fused-ring (bicyclic) bond motifs is 1. The molecule has 1 amide bonds. The van der Waals surface area contributed by atoms with Crippen LogP contribution in [0.15, 0.2) is 12.1 Å². The van der Waals surface area contributed by atoms with Crippen molar-refractivity contribution >= 4 is 33.2 Å². The first-order chi connectivity index (χ1) is 12.7. The number of rotatable bonds is 4. The van der Waals surface area contributed by atoms with Crippen LogP contribution in [-0.2, 0) is 11.0 Å². The molecule has 0 aliphatic heterocycles. The highest BCUT2D eigenvalue weighted by atomic mass is 32.1. The number of aromatic nitrogens is 1. The average Bonchev–Trinajstić information content (AvgIpc) is 3.22. The second kappa shape index (κ2) is 7.27. The van der Waals surface area contributed by atoms with Crippen molar-refractivity contribution in [1.82, 2.24) is 10.3 Å². The number of carbonyl (C=O) groups is 2. The number of pyridine rings is 1. The van der Waals surface area contributed by atoms with Gasteiger partial charge in [-0.3, -0.25) is 9.59 Å². The van der Waals surface area contributed by atoms with Gasteiger partial charge in [-0.05, 0) is 37.5 Å². The van der Waals surface area contributed by atoms with Crippen molar-refractivity contribution in [1.29, 1.82) is 5.26 Å². The van der Waals surface area contributed by atoms with E-state index in [1.54, 1.807) is 13.0 Å². The fraction of sp³-hybridized carbons (Fsp3) is 0.444. The second-order valence-electron chi connectivity index (χ2n) is 6.52. The fourth-order valence-corrected chi connectivity index (χ4v) is 4.36. The van der Waals surface area contributed by atoms with Crippen LogP contribution >= 0.6 is 11.3 Å². The van der Waals surface area contributed by atoms with Crippen LogP contribution in [0.2, 0.25) is 0 Å². The van der Waals surface area contributed by atoms with E-state index in [0.717, 1.165) is 43.1 Å². The third kappa shape index (κ3) is 3.81. The molecule has 27 heavy (non-hydrogen) atoms. The van der Waals surface area contributed by atoms with E-state index in [4.69, 9.17) is 0 Å². The van der Waals surface area contributed by atoms with Crippen LogP contribution in [0.25, 0.3) is 10.2 Å². The first-order valence-corrected chi connectivity index (χ1v) is 9.25. The van der Waals surface area contributed by atoms with Crippen LogP contribution in [-0.4, -0.2) is 22.7 Å². The first-order valence-electron chi connectivity index (χ1n) is 8.44. The SMILES string of the molecule is Cc1c(C(=O)[C@@H](C#N)C(=O)NC2CCCC2)sc2nc(C(F)(F)F)ccc12. The van der Waals surface area contributed by atoms with Gasteiger partial charge in [0.25, 0.3) is 0 Å². The smallest absolute Gasteiger partial charge is 0.352 e. The lowest BCUT2D eigenvalue weighted by Gasteiger charge is -2.14. The predicted molar refractivity (Wildman–Crippen MR) is 93.2 cm³/mol. The van der Waals surface area contributed by atoms with E-state index in [-0.39, 0.29) is 15.7 Å². The highest BCUT2D eigenvalue weighted by Gasteiger charge is 2.35. The van der Waals surface area contributed by atoms with Gasteiger partial charge in [0.15, 0.2) is 11.7 Å². The highest BCUT2D eigenvalue weighted by Crippen LogP contribution is 2.35. The van der Waals surface area contributed by atoms with E-state index in [1.807, 2.05) is 0 Å². The fourth-order valence-electron chi connectivity index (χ4n) is 3.21. The highest BCUT2D eigenvalue weighted by molar-refractivity contribution is 7.20. The Balaban J connectivity index is 1.90. The molecule has 1 atom stereocenters. The number of carbonyl (C=O) groups excluding carboxylic acids is 2. The van der Waals surface area contributed by atoms with Gasteiger partial charge in [-0.2, -0.15) is 18.4 Å². The number of nitrogens with one attached hydrogen (secondary N) is 1. The molecule has 0 saturated heterocycles. The van der Waals surface area contributed by atoms with E-state index in [1.165, 1.54) is 6.07 Å². The van der Waals surface area contributed by atoms with Gasteiger partial charge in [-0.15, -0.1) is 11.3 Å². The summed E-state index contributed by atoms with van der Waals surface area (Å²) in [6, 6.07) is 3.79. The van der Waals surface area contributed by atoms with Gasteiger partial charge in [0.2, 0.25) is 5.91 Å². The van der Waals surface area contributed by atoms with Gasteiger partial charge < -0.3 is 5.32 Å². The Labute approximate surface area is 157 Å². The number of alkyl halides is 3. The van der Waals surface area contributed by atoms with E-state index < -0.39 is 29.5 Å². The van der Waals surface area contributed by atoms with Crippen LogP contribution in [0.4, 0.5) is 13.2 Å². The molecule has 2 heterocycles. The number of thiophene rings is 1. The molecule has 0 bridgehead atoms. The van der Waals surface area contributed by atoms with Gasteiger partial charge in [-0.25, -0.2) is 4.98 Å². The molecule has 1 fully saturated rings. The molecule has 0 spiro atoms. The number of aryl methyl sites for hydroxylation is 1. The lowest BCUT2D eigenvalue weighted by atomic mass is 10.00. The van der Waals surface area contributed by atoms with E-state index >= 15 is 0 Å². The minimum atomic E-state index is -4.59. The number of hydrogen-bond acceptors (Lipinski definition) is 5. The van der Waals surface area contributed by atoms with E-state index in [2.05, 4.69) is 10.3 Å². The maximum Gasteiger partial charge on any atom is 0.433 e. The normalized spacial score (nSPS) is 16.3. The van der Waals surface area contributed by atoms with Gasteiger partial charge in [0, 0.05) is 11.4 Å². The third-order valence-corrected chi connectivity index (χ3v) is 5.89. The molecule has 1 N–H and O–H groups in total. The summed E-state index contributed by atoms with van der Waals surface area (Å²) in [5, 5.41) is 12.5. The minimum Gasteiger partial charge on any atom is -0.352 e. The summed E-state index contributed by atoms with van der Waals surface area (Å²) < 4.78 is 38.5. The van der Waals surface area contributed by atoms with Crippen molar-refractivity contribution in [2.24, 2.45) is 5.92 Å². The van der Waals surface area contributed by atoms with Crippen LogP contribution < -0.4 is 5.32 Å². The summed E-state index contributed by atoms with van der Waals surface area (Å²) in [6.07, 6.45) is -1.00. The molecule has 1 aliphatic rings. The maximum absolute atomic E-state index is 12.8. The Morgan fingerprint density at radius 3 is 2.59 bits per heavy atom. The van der Waals surface area contributed by atoms with Gasteiger partial charge in [0.05, 0.1) is 10.9 Å². The predicted octanol–water partition coefficient (Wildman–Crippen LogP) is 4.00. The Morgan fingerprint density at radius 1 is 1.33 bits per heavy atom. The molecule has 1 aliphatic carbocycles. The van der Waals surface area contributed by atoms with Gasteiger partial charge in [0.1, 0.15) is 10.5 Å². The molecule has 142 valence electrons. The molecular formula is C18H16F3N3O2S. The molecular weight excluding hydrogens is 379 g/mol. The van der Waals surface area contributed by atoms with Crippen molar-refractivity contribution in [3.05, 3.63) is 28.3 Å². The quantitative estimate of drug-likeness (QED) is 0.626. The van der Waals surface area contributed by atoms with E-state index in [9.17, 15) is 28.0 Å². The number of halogens is 3. The lowest BCUT2D eigenvalue weighted by Crippen LogP contribution is -2.39. The number of hydrogen-bond donors (Lipinski definition) is 1. The summed E-state index contributed by atoms with van der Waals surface area (Å²) in [4.78, 5) is 28.8. The van der Waals surface area contributed by atoms with Gasteiger partial charge >= 0.3 is 6.18 Å². The summed E-state index contributed by atoms with van der Waals surface area (Å²) in [7, 11) is 0. The van der Waals surface area contributed by atoms with Crippen LogP contribution in [0, 0.1) is 24.2 Å². The summed E-state index contributed by atoms with van der Waals surface area (Å²) in [5.41, 5.74) is -0.624. The van der Waals surface area contributed by atoms with Crippen LogP contribution in [0.3, 0.4) is 0 Å². The zero-order chi connectivity index (χ0) is 19.8. The number of amides is 1. The standard InChI is InChI=1S/C18H16F3N3O2S/c1-9-11-6-7-13(18(19,20)21)24-17(11)27-15(9)14(25)12(8-22)16(26)23-10-4-2-3-5-10/h6-7,10,12H,2-5H2,1H3,(H,23,26)/t12-/m1/s1. The number of Topliss-reactive ketones (excluding diaryl/α,β-unsaturated/α-hetero) is 1. The summed E-state index contributed by atoms with van der Waals surface area (Å²) in [5.74, 6) is -2.89. The number of ketones is 1. The topological polar surface area (TPSA) is 82.8 Å². The maximum atomic E-state index is 12.8. The lowest BCUT2D eigenvalue weighted by molar-refractivity contribution is -0.141. The summed E-state index contributed by atoms with van der Waals surface area (Å²) in [6.45, 7) is 1.57. The molecule has 0 radical (unpaired) electrons. The third-order valence-electron chi connectivity index (χ3n) is 4.67. The van der Waals surface area contributed by atoms with Crippen LogP contribution in [0.1, 0.15) is 46.6 Å². The van der Waals surface area contributed by atoms with Crippen molar-refractivity contribution < 1.29 is 22.8 Å². The van der Waals surface area contributed by atoms with Crippen molar-refractivity contribution in [2.75, 3.05) is 0 Å². The molecule has 2 aromatic heterocycles. The minimum absolute atomic E-state index is 0.0411. The second-order valence-corrected chi connectivity index (χ2v) is 7.52. The van der Waals surface area contributed by atoms with Crippen molar-refractivity contribution in [3.8, 4) is 6.07 Å².